The Balaban J connectivity index is 2.16. The summed E-state index contributed by atoms with van der Waals surface area (Å²) in [6.45, 7) is 6.08. The van der Waals surface area contributed by atoms with Crippen molar-refractivity contribution < 1.29 is 9.63 Å². The minimum absolute atomic E-state index is 0.222. The quantitative estimate of drug-likeness (QED) is 0.764. The molecule has 0 aliphatic heterocycles. The van der Waals surface area contributed by atoms with E-state index in [9.17, 15) is 5.11 Å². The van der Waals surface area contributed by atoms with Crippen LogP contribution < -0.4 is 0 Å². The van der Waals surface area contributed by atoms with E-state index in [0.717, 1.165) is 20.5 Å². The van der Waals surface area contributed by atoms with Crippen LogP contribution in [0.1, 0.15) is 31.2 Å². The van der Waals surface area contributed by atoms with Crippen molar-refractivity contribution in [3.05, 3.63) is 29.7 Å². The van der Waals surface area contributed by atoms with Crippen LogP contribution in [0.2, 0.25) is 0 Å². The van der Waals surface area contributed by atoms with Crippen molar-refractivity contribution in [1.29, 1.82) is 0 Å². The lowest BCUT2D eigenvalue weighted by molar-refractivity contribution is 0.366. The number of hydrogen-bond donors (Lipinski definition) is 1. The molecule has 4 nitrogen and oxygen atoms in total. The summed E-state index contributed by atoms with van der Waals surface area (Å²) in [6.07, 6.45) is 0. The summed E-state index contributed by atoms with van der Waals surface area (Å²) >= 11 is 1.57. The lowest BCUT2D eigenvalue weighted by atomic mass is 10.1. The van der Waals surface area contributed by atoms with Gasteiger partial charge in [-0.3, -0.25) is 0 Å². The molecule has 0 unspecified atom stereocenters. The molecule has 0 radical (unpaired) electrons. The lowest BCUT2D eigenvalue weighted by Gasteiger charge is -1.93. The first kappa shape index (κ1) is 12.2. The molecule has 19 heavy (non-hydrogen) atoms. The molecule has 0 atom stereocenters. The maximum Gasteiger partial charge on any atom is 0.229 e. The summed E-state index contributed by atoms with van der Waals surface area (Å²) in [5.41, 5.74) is 1.12. The fourth-order valence-electron chi connectivity index (χ4n) is 1.99. The smallest absolute Gasteiger partial charge is 0.229 e. The Bertz CT molecular complexity index is 743. The van der Waals surface area contributed by atoms with Gasteiger partial charge in [0.2, 0.25) is 11.7 Å². The predicted octanol–water partition coefficient (Wildman–Crippen LogP) is 4.09. The van der Waals surface area contributed by atoms with Crippen LogP contribution >= 0.6 is 11.3 Å². The molecule has 2 heterocycles. The van der Waals surface area contributed by atoms with Crippen LogP contribution in [0.5, 0.6) is 5.75 Å². The molecule has 0 spiro atoms. The van der Waals surface area contributed by atoms with Crippen molar-refractivity contribution in [2.45, 2.75) is 26.7 Å². The van der Waals surface area contributed by atoms with Gasteiger partial charge in [-0.15, -0.1) is 11.3 Å². The molecule has 1 aromatic carbocycles. The third-order valence-corrected chi connectivity index (χ3v) is 4.31. The van der Waals surface area contributed by atoms with Crippen molar-refractivity contribution in [1.82, 2.24) is 10.1 Å². The monoisotopic (exact) mass is 274 g/mol. The average molecular weight is 274 g/mol. The van der Waals surface area contributed by atoms with E-state index in [-0.39, 0.29) is 11.7 Å². The Morgan fingerprint density at radius 2 is 2.11 bits per heavy atom. The van der Waals surface area contributed by atoms with E-state index in [1.165, 1.54) is 0 Å². The Kier molecular flexibility index (Phi) is 2.78. The van der Waals surface area contributed by atoms with E-state index in [1.807, 2.05) is 26.8 Å². The number of hydrogen-bond acceptors (Lipinski definition) is 5. The zero-order chi connectivity index (χ0) is 13.6. The van der Waals surface area contributed by atoms with Gasteiger partial charge in [0.25, 0.3) is 0 Å². The number of aromatic nitrogens is 2. The summed E-state index contributed by atoms with van der Waals surface area (Å²) in [5, 5.41) is 14.7. The SMILES string of the molecule is Cc1c(-c2noc(C(C)C)n2)sc2cc(O)ccc12. The second-order valence-corrected chi connectivity index (χ2v) is 5.90. The summed E-state index contributed by atoms with van der Waals surface area (Å²) in [5.74, 6) is 1.77. The fraction of sp³-hybridized carbons (Fsp3) is 0.286. The number of phenols is 1. The number of fused-ring (bicyclic) bond motifs is 1. The number of nitrogens with zero attached hydrogens (tertiary/aromatic N) is 2. The second-order valence-electron chi connectivity index (χ2n) is 4.85. The molecule has 0 saturated heterocycles. The van der Waals surface area contributed by atoms with Crippen molar-refractivity contribution in [2.75, 3.05) is 0 Å². The Morgan fingerprint density at radius 1 is 1.32 bits per heavy atom. The van der Waals surface area contributed by atoms with Crippen molar-refractivity contribution in [3.63, 3.8) is 0 Å². The fourth-order valence-corrected chi connectivity index (χ4v) is 3.16. The number of rotatable bonds is 2. The maximum atomic E-state index is 9.53. The lowest BCUT2D eigenvalue weighted by Crippen LogP contribution is -1.86. The van der Waals surface area contributed by atoms with E-state index in [1.54, 1.807) is 23.5 Å². The zero-order valence-electron chi connectivity index (χ0n) is 11.0. The van der Waals surface area contributed by atoms with Crippen molar-refractivity contribution in [3.8, 4) is 16.5 Å². The molecule has 5 heteroatoms. The van der Waals surface area contributed by atoms with Gasteiger partial charge >= 0.3 is 0 Å². The first-order chi connectivity index (χ1) is 9.06. The molecule has 1 N–H and O–H groups in total. The van der Waals surface area contributed by atoms with Crippen molar-refractivity contribution in [2.24, 2.45) is 0 Å². The molecule has 0 fully saturated rings. The third kappa shape index (κ3) is 2.00. The van der Waals surface area contributed by atoms with E-state index in [4.69, 9.17) is 4.52 Å². The molecule has 0 aliphatic carbocycles. The minimum Gasteiger partial charge on any atom is -0.508 e. The van der Waals surface area contributed by atoms with Crippen LogP contribution in [0.25, 0.3) is 20.8 Å². The number of aryl methyl sites for hydroxylation is 1. The molecule has 98 valence electrons. The standard InChI is InChI=1S/C14H14N2O2S/c1-7(2)14-15-13(16-18-14)12-8(3)10-5-4-9(17)6-11(10)19-12/h4-7,17H,1-3H3. The van der Waals surface area contributed by atoms with E-state index >= 15 is 0 Å². The summed E-state index contributed by atoms with van der Waals surface area (Å²) in [6, 6.07) is 5.38. The largest absolute Gasteiger partial charge is 0.508 e. The Morgan fingerprint density at radius 3 is 2.79 bits per heavy atom. The summed E-state index contributed by atoms with van der Waals surface area (Å²) in [4.78, 5) is 5.43. The molecule has 2 aromatic heterocycles. The summed E-state index contributed by atoms with van der Waals surface area (Å²) in [7, 11) is 0. The second kappa shape index (κ2) is 4.35. The molecular formula is C14H14N2O2S. The Labute approximate surface area is 114 Å². The number of aromatic hydroxyl groups is 1. The molecular weight excluding hydrogens is 260 g/mol. The minimum atomic E-state index is 0.222. The van der Waals surface area contributed by atoms with E-state index in [0.29, 0.717) is 11.7 Å². The van der Waals surface area contributed by atoms with Crippen LogP contribution in [0, 0.1) is 6.92 Å². The van der Waals surface area contributed by atoms with Gasteiger partial charge in [0.1, 0.15) is 5.75 Å². The zero-order valence-corrected chi connectivity index (χ0v) is 11.8. The van der Waals surface area contributed by atoms with Gasteiger partial charge in [0, 0.05) is 10.6 Å². The number of thiophene rings is 1. The first-order valence-electron chi connectivity index (χ1n) is 6.12. The highest BCUT2D eigenvalue weighted by Crippen LogP contribution is 2.38. The van der Waals surface area contributed by atoms with E-state index in [2.05, 4.69) is 10.1 Å². The molecule has 0 saturated carbocycles. The van der Waals surface area contributed by atoms with Gasteiger partial charge in [-0.2, -0.15) is 4.98 Å². The molecule has 3 rings (SSSR count). The molecule has 0 aliphatic rings. The van der Waals surface area contributed by atoms with Crippen LogP contribution in [0.3, 0.4) is 0 Å². The third-order valence-electron chi connectivity index (χ3n) is 3.06. The first-order valence-corrected chi connectivity index (χ1v) is 6.94. The van der Waals surface area contributed by atoms with Crippen LogP contribution in [-0.2, 0) is 0 Å². The van der Waals surface area contributed by atoms with E-state index < -0.39 is 0 Å². The highest BCUT2D eigenvalue weighted by molar-refractivity contribution is 7.22. The molecule has 0 bridgehead atoms. The topological polar surface area (TPSA) is 59.2 Å². The van der Waals surface area contributed by atoms with Gasteiger partial charge in [-0.05, 0) is 36.1 Å². The van der Waals surface area contributed by atoms with Crippen molar-refractivity contribution >= 4 is 21.4 Å². The number of benzene rings is 1. The normalized spacial score (nSPS) is 11.6. The average Bonchev–Trinajstić information content (AvgIpc) is 2.94. The van der Waals surface area contributed by atoms with Crippen LogP contribution in [0.15, 0.2) is 22.7 Å². The van der Waals surface area contributed by atoms with Gasteiger partial charge < -0.3 is 9.63 Å². The highest BCUT2D eigenvalue weighted by atomic mass is 32.1. The van der Waals surface area contributed by atoms with Crippen LogP contribution in [-0.4, -0.2) is 15.2 Å². The van der Waals surface area contributed by atoms with Gasteiger partial charge in [0.15, 0.2) is 0 Å². The Hall–Kier alpha value is -1.88. The van der Waals surface area contributed by atoms with Gasteiger partial charge in [-0.1, -0.05) is 19.0 Å². The predicted molar refractivity (Wildman–Crippen MR) is 75.6 cm³/mol. The summed E-state index contributed by atoms with van der Waals surface area (Å²) < 4.78 is 6.28. The van der Waals surface area contributed by atoms with Crippen LogP contribution in [0.4, 0.5) is 0 Å². The molecule has 0 amide bonds. The number of phenolic OH excluding ortho intramolecular Hbond substituents is 1. The highest BCUT2D eigenvalue weighted by Gasteiger charge is 2.17. The van der Waals surface area contributed by atoms with Gasteiger partial charge in [0.05, 0.1) is 4.88 Å². The maximum absolute atomic E-state index is 9.53. The molecule has 3 aromatic rings. The van der Waals surface area contributed by atoms with Gasteiger partial charge in [-0.25, -0.2) is 0 Å².